The molecule has 0 amide bonds. The van der Waals surface area contributed by atoms with E-state index in [4.69, 9.17) is 17.0 Å². The van der Waals surface area contributed by atoms with Crippen LogP contribution in [-0.2, 0) is 6.42 Å². The molecule has 0 aliphatic carbocycles. The number of hydrogen-bond acceptors (Lipinski definition) is 4. The van der Waals surface area contributed by atoms with Gasteiger partial charge >= 0.3 is 0 Å². The summed E-state index contributed by atoms with van der Waals surface area (Å²) in [5, 5.41) is 9.98. The Morgan fingerprint density at radius 3 is 2.73 bits per heavy atom. The van der Waals surface area contributed by atoms with Gasteiger partial charge in [0.25, 0.3) is 0 Å². The minimum atomic E-state index is 0.150. The fourth-order valence-corrected chi connectivity index (χ4v) is 2.83. The average molecular weight is 308 g/mol. The van der Waals surface area contributed by atoms with Gasteiger partial charge in [-0.15, -0.1) is 0 Å². The van der Waals surface area contributed by atoms with Crippen LogP contribution in [0.5, 0.6) is 17.4 Å². The molecular formula is C17H12N2O2S. The van der Waals surface area contributed by atoms with Crippen molar-refractivity contribution in [1.29, 1.82) is 0 Å². The summed E-state index contributed by atoms with van der Waals surface area (Å²) >= 11 is 5.41. The lowest BCUT2D eigenvalue weighted by Gasteiger charge is -2.20. The van der Waals surface area contributed by atoms with E-state index in [0.29, 0.717) is 28.3 Å². The third kappa shape index (κ3) is 2.07. The maximum atomic E-state index is 9.98. The standard InChI is InChI=1S/C17H12N2O2S/c20-13-7-3-2-6-11(13)15-18-16-12(17(22)19-15)9-10-5-1-4-8-14(10)21-16/h1-8,20H,9H2,(H,18,19,22). The molecule has 5 heteroatoms. The van der Waals surface area contributed by atoms with Crippen LogP contribution in [0, 0.1) is 4.64 Å². The molecule has 4 nitrogen and oxygen atoms in total. The molecular weight excluding hydrogens is 296 g/mol. The molecule has 22 heavy (non-hydrogen) atoms. The first kappa shape index (κ1) is 13.0. The Bertz CT molecular complexity index is 934. The molecule has 0 atom stereocenters. The van der Waals surface area contributed by atoms with Gasteiger partial charge < -0.3 is 14.8 Å². The highest BCUT2D eigenvalue weighted by atomic mass is 32.1. The zero-order valence-corrected chi connectivity index (χ0v) is 12.4. The van der Waals surface area contributed by atoms with E-state index in [2.05, 4.69) is 9.97 Å². The van der Waals surface area contributed by atoms with Gasteiger partial charge in [-0.2, -0.15) is 0 Å². The molecule has 4 rings (SSSR count). The monoisotopic (exact) mass is 308 g/mol. The number of aromatic amines is 1. The Balaban J connectivity index is 1.86. The van der Waals surface area contributed by atoms with Crippen LogP contribution in [0.25, 0.3) is 11.4 Å². The van der Waals surface area contributed by atoms with Crippen molar-refractivity contribution in [2.24, 2.45) is 0 Å². The minimum Gasteiger partial charge on any atom is -0.507 e. The normalized spacial score (nSPS) is 12.2. The van der Waals surface area contributed by atoms with Crippen molar-refractivity contribution in [3.8, 4) is 28.8 Å². The van der Waals surface area contributed by atoms with Crippen molar-refractivity contribution in [3.05, 3.63) is 64.3 Å². The number of nitrogens with zero attached hydrogens (tertiary/aromatic N) is 1. The Labute approximate surface area is 132 Å². The number of phenolic OH excluding ortho intramolecular Hbond substituents is 1. The number of fused-ring (bicyclic) bond motifs is 2. The summed E-state index contributed by atoms with van der Waals surface area (Å²) in [6, 6.07) is 14.9. The molecule has 3 aromatic rings. The van der Waals surface area contributed by atoms with Crippen molar-refractivity contribution in [2.75, 3.05) is 0 Å². The van der Waals surface area contributed by atoms with Crippen molar-refractivity contribution in [2.45, 2.75) is 6.42 Å². The molecule has 1 aliphatic rings. The van der Waals surface area contributed by atoms with E-state index in [-0.39, 0.29) is 5.75 Å². The topological polar surface area (TPSA) is 58.1 Å². The molecule has 108 valence electrons. The first-order chi connectivity index (χ1) is 10.7. The highest BCUT2D eigenvalue weighted by Crippen LogP contribution is 2.37. The van der Waals surface area contributed by atoms with Gasteiger partial charge in [-0.1, -0.05) is 42.5 Å². The first-order valence-electron chi connectivity index (χ1n) is 6.90. The predicted molar refractivity (Wildman–Crippen MR) is 85.8 cm³/mol. The van der Waals surface area contributed by atoms with Crippen LogP contribution >= 0.6 is 12.2 Å². The smallest absolute Gasteiger partial charge is 0.205 e. The molecule has 2 N–H and O–H groups in total. The molecule has 1 aromatic heterocycles. The summed E-state index contributed by atoms with van der Waals surface area (Å²) in [4.78, 5) is 7.55. The number of rotatable bonds is 1. The van der Waals surface area contributed by atoms with E-state index in [0.717, 1.165) is 16.9 Å². The zero-order valence-electron chi connectivity index (χ0n) is 11.5. The zero-order chi connectivity index (χ0) is 15.1. The number of aromatic nitrogens is 2. The molecule has 1 aliphatic heterocycles. The van der Waals surface area contributed by atoms with E-state index in [1.807, 2.05) is 30.3 Å². The van der Waals surface area contributed by atoms with E-state index < -0.39 is 0 Å². The van der Waals surface area contributed by atoms with Crippen LogP contribution in [0.15, 0.2) is 48.5 Å². The van der Waals surface area contributed by atoms with Crippen LogP contribution in [0.2, 0.25) is 0 Å². The number of aromatic hydroxyl groups is 1. The summed E-state index contributed by atoms with van der Waals surface area (Å²) in [6.45, 7) is 0. The van der Waals surface area contributed by atoms with Gasteiger partial charge in [0.15, 0.2) is 0 Å². The second-order valence-corrected chi connectivity index (χ2v) is 5.49. The number of para-hydroxylation sites is 2. The Morgan fingerprint density at radius 2 is 1.86 bits per heavy atom. The maximum Gasteiger partial charge on any atom is 0.205 e. The maximum absolute atomic E-state index is 9.98. The van der Waals surface area contributed by atoms with Gasteiger partial charge in [0, 0.05) is 6.42 Å². The second-order valence-electron chi connectivity index (χ2n) is 5.10. The molecule has 0 saturated carbocycles. The quantitative estimate of drug-likeness (QED) is 0.517. The molecule has 0 saturated heterocycles. The molecule has 0 spiro atoms. The van der Waals surface area contributed by atoms with E-state index >= 15 is 0 Å². The third-order valence-corrected chi connectivity index (χ3v) is 4.03. The lowest BCUT2D eigenvalue weighted by atomic mass is 10.0. The Hall–Kier alpha value is -2.66. The van der Waals surface area contributed by atoms with Crippen molar-refractivity contribution >= 4 is 12.2 Å². The van der Waals surface area contributed by atoms with Gasteiger partial charge in [-0.3, -0.25) is 0 Å². The van der Waals surface area contributed by atoms with Crippen molar-refractivity contribution < 1.29 is 9.84 Å². The number of nitrogens with one attached hydrogen (secondary N) is 1. The van der Waals surface area contributed by atoms with Crippen molar-refractivity contribution in [3.63, 3.8) is 0 Å². The predicted octanol–water partition coefficient (Wildman–Crippen LogP) is 4.21. The number of H-pyrrole nitrogens is 1. The third-order valence-electron chi connectivity index (χ3n) is 3.69. The summed E-state index contributed by atoms with van der Waals surface area (Å²) in [7, 11) is 0. The van der Waals surface area contributed by atoms with Gasteiger partial charge in [-0.25, -0.2) is 4.98 Å². The van der Waals surface area contributed by atoms with Gasteiger partial charge in [0.05, 0.1) is 11.1 Å². The number of ether oxygens (including phenoxy) is 1. The molecule has 0 radical (unpaired) electrons. The van der Waals surface area contributed by atoms with E-state index in [9.17, 15) is 5.11 Å². The minimum absolute atomic E-state index is 0.150. The lowest BCUT2D eigenvalue weighted by Crippen LogP contribution is -2.07. The fourth-order valence-electron chi connectivity index (χ4n) is 2.57. The van der Waals surface area contributed by atoms with E-state index in [1.165, 1.54) is 0 Å². The van der Waals surface area contributed by atoms with Crippen LogP contribution in [0.3, 0.4) is 0 Å². The molecule has 0 unspecified atom stereocenters. The highest BCUT2D eigenvalue weighted by molar-refractivity contribution is 7.71. The largest absolute Gasteiger partial charge is 0.507 e. The van der Waals surface area contributed by atoms with Gasteiger partial charge in [-0.05, 0) is 23.8 Å². The Kier molecular flexibility index (Phi) is 2.94. The fraction of sp³-hybridized carbons (Fsp3) is 0.0588. The van der Waals surface area contributed by atoms with E-state index in [1.54, 1.807) is 18.2 Å². The van der Waals surface area contributed by atoms with Crippen LogP contribution in [0.1, 0.15) is 11.1 Å². The SMILES string of the molecule is Oc1ccccc1-c1nc(=S)c2c([nH]1)Oc1ccccc1C2. The summed E-state index contributed by atoms with van der Waals surface area (Å²) < 4.78 is 6.40. The van der Waals surface area contributed by atoms with Crippen LogP contribution < -0.4 is 4.74 Å². The van der Waals surface area contributed by atoms with Crippen LogP contribution in [-0.4, -0.2) is 15.1 Å². The highest BCUT2D eigenvalue weighted by Gasteiger charge is 2.20. The molecule has 2 aromatic carbocycles. The summed E-state index contributed by atoms with van der Waals surface area (Å²) in [5.74, 6) is 2.06. The van der Waals surface area contributed by atoms with Gasteiger partial charge in [0.1, 0.15) is 22.0 Å². The van der Waals surface area contributed by atoms with Crippen LogP contribution in [0.4, 0.5) is 0 Å². The second kappa shape index (κ2) is 4.96. The average Bonchev–Trinajstić information content (AvgIpc) is 2.53. The summed E-state index contributed by atoms with van der Waals surface area (Å²) in [5.41, 5.74) is 2.55. The molecule has 2 heterocycles. The number of phenols is 1. The molecule has 0 fully saturated rings. The molecule has 0 bridgehead atoms. The first-order valence-corrected chi connectivity index (χ1v) is 7.30. The van der Waals surface area contributed by atoms with Gasteiger partial charge in [0.2, 0.25) is 5.88 Å². The van der Waals surface area contributed by atoms with Crippen molar-refractivity contribution in [1.82, 2.24) is 9.97 Å². The Morgan fingerprint density at radius 1 is 1.09 bits per heavy atom. The lowest BCUT2D eigenvalue weighted by molar-refractivity contribution is 0.438. The number of hydrogen-bond donors (Lipinski definition) is 2. The summed E-state index contributed by atoms with van der Waals surface area (Å²) in [6.07, 6.45) is 0.689. The number of benzene rings is 2.